The van der Waals surface area contributed by atoms with E-state index >= 15 is 0 Å². The summed E-state index contributed by atoms with van der Waals surface area (Å²) in [6, 6.07) is 12.0. The molecule has 1 N–H and O–H groups in total. The number of hydrogen-bond donors (Lipinski definition) is 1. The van der Waals surface area contributed by atoms with Gasteiger partial charge in [0.2, 0.25) is 0 Å². The van der Waals surface area contributed by atoms with Crippen molar-refractivity contribution in [2.24, 2.45) is 0 Å². The summed E-state index contributed by atoms with van der Waals surface area (Å²) < 4.78 is 0. The fraction of sp³-hybridized carbons (Fsp3) is 0.176. The number of halogens is 1. The largest absolute Gasteiger partial charge is 0.325 e. The van der Waals surface area contributed by atoms with Gasteiger partial charge in [-0.05, 0) is 36.2 Å². The first-order valence-corrected chi connectivity index (χ1v) is 7.83. The van der Waals surface area contributed by atoms with Gasteiger partial charge in [-0.3, -0.25) is 19.8 Å². The van der Waals surface area contributed by atoms with Gasteiger partial charge in [-0.25, -0.2) is 4.79 Å². The Morgan fingerprint density at radius 2 is 1.80 bits per heavy atom. The van der Waals surface area contributed by atoms with E-state index in [1.165, 1.54) is 24.3 Å². The van der Waals surface area contributed by atoms with Crippen molar-refractivity contribution in [2.45, 2.75) is 19.0 Å². The number of amides is 3. The lowest BCUT2D eigenvalue weighted by molar-refractivity contribution is -0.384. The van der Waals surface area contributed by atoms with Gasteiger partial charge in [-0.15, -0.1) is 0 Å². The molecule has 3 rings (SSSR count). The predicted octanol–water partition coefficient (Wildman–Crippen LogP) is 3.22. The molecule has 2 aromatic carbocycles. The molecule has 2 aromatic rings. The first kappa shape index (κ1) is 16.9. The molecule has 3 amide bonds. The Labute approximate surface area is 148 Å². The summed E-state index contributed by atoms with van der Waals surface area (Å²) in [5, 5.41) is 13.9. The summed E-state index contributed by atoms with van der Waals surface area (Å²) >= 11 is 6.10. The number of imide groups is 1. The first-order chi connectivity index (χ1) is 11.8. The third kappa shape index (κ3) is 2.94. The lowest BCUT2D eigenvalue weighted by Crippen LogP contribution is -2.40. The smallest absolute Gasteiger partial charge is 0.319 e. The predicted molar refractivity (Wildman–Crippen MR) is 91.0 cm³/mol. The minimum atomic E-state index is -1.28. The second kappa shape index (κ2) is 6.18. The maximum atomic E-state index is 12.8. The van der Waals surface area contributed by atoms with Crippen molar-refractivity contribution in [1.29, 1.82) is 0 Å². The second-order valence-corrected chi connectivity index (χ2v) is 6.25. The van der Waals surface area contributed by atoms with Crippen LogP contribution < -0.4 is 5.32 Å². The highest BCUT2D eigenvalue weighted by molar-refractivity contribution is 6.31. The third-order valence-electron chi connectivity index (χ3n) is 4.22. The van der Waals surface area contributed by atoms with Crippen LogP contribution in [0.1, 0.15) is 18.1 Å². The molecule has 1 aliphatic rings. The number of carbonyl (C=O) groups excluding carboxylic acids is 2. The van der Waals surface area contributed by atoms with Gasteiger partial charge >= 0.3 is 6.03 Å². The van der Waals surface area contributed by atoms with Crippen LogP contribution in [0.2, 0.25) is 5.02 Å². The molecule has 1 heterocycles. The Kier molecular flexibility index (Phi) is 4.18. The molecule has 128 valence electrons. The number of benzene rings is 2. The lowest BCUT2D eigenvalue weighted by atomic mass is 9.92. The van der Waals surface area contributed by atoms with E-state index in [2.05, 4.69) is 5.32 Å². The van der Waals surface area contributed by atoms with Crippen molar-refractivity contribution in [2.75, 3.05) is 0 Å². The summed E-state index contributed by atoms with van der Waals surface area (Å²) in [5.41, 5.74) is -0.247. The lowest BCUT2D eigenvalue weighted by Gasteiger charge is -2.22. The Morgan fingerprint density at radius 1 is 1.16 bits per heavy atom. The third-order valence-corrected chi connectivity index (χ3v) is 4.59. The van der Waals surface area contributed by atoms with Gasteiger partial charge in [0.15, 0.2) is 0 Å². The van der Waals surface area contributed by atoms with Crippen LogP contribution >= 0.6 is 11.6 Å². The highest BCUT2D eigenvalue weighted by Gasteiger charge is 2.49. The Balaban J connectivity index is 1.89. The molecule has 0 aliphatic carbocycles. The standard InChI is InChI=1S/C17H14ClN3O4/c1-17(12-6-8-13(9-7-12)21(24)25)15(22)20(16(23)19-17)10-11-4-2-3-5-14(11)18/h2-9H,10H2,1H3,(H,19,23). The van der Waals surface area contributed by atoms with Crippen molar-refractivity contribution < 1.29 is 14.5 Å². The van der Waals surface area contributed by atoms with Crippen LogP contribution in [-0.4, -0.2) is 21.8 Å². The van der Waals surface area contributed by atoms with Crippen molar-refractivity contribution in [3.05, 3.63) is 74.8 Å². The number of nitrogens with zero attached hydrogens (tertiary/aromatic N) is 2. The zero-order valence-corrected chi connectivity index (χ0v) is 14.0. The molecular formula is C17H14ClN3O4. The zero-order chi connectivity index (χ0) is 18.2. The van der Waals surface area contributed by atoms with Crippen molar-refractivity contribution in [3.8, 4) is 0 Å². The number of hydrogen-bond acceptors (Lipinski definition) is 4. The van der Waals surface area contributed by atoms with E-state index < -0.39 is 22.4 Å². The normalized spacial score (nSPS) is 19.8. The van der Waals surface area contributed by atoms with Crippen LogP contribution in [0.3, 0.4) is 0 Å². The minimum Gasteiger partial charge on any atom is -0.319 e. The van der Waals surface area contributed by atoms with Gasteiger partial charge in [-0.1, -0.05) is 29.8 Å². The number of rotatable bonds is 4. The Morgan fingerprint density at radius 3 is 2.40 bits per heavy atom. The molecule has 0 saturated carbocycles. The topological polar surface area (TPSA) is 92.6 Å². The molecule has 25 heavy (non-hydrogen) atoms. The average Bonchev–Trinajstić information content (AvgIpc) is 2.81. The maximum Gasteiger partial charge on any atom is 0.325 e. The number of nitro benzene ring substituents is 1. The molecule has 1 aliphatic heterocycles. The van der Waals surface area contributed by atoms with Crippen LogP contribution in [0.25, 0.3) is 0 Å². The van der Waals surface area contributed by atoms with Gasteiger partial charge < -0.3 is 5.32 Å². The van der Waals surface area contributed by atoms with E-state index in [4.69, 9.17) is 11.6 Å². The first-order valence-electron chi connectivity index (χ1n) is 7.45. The van der Waals surface area contributed by atoms with Crippen molar-refractivity contribution >= 4 is 29.2 Å². The minimum absolute atomic E-state index is 0.0485. The molecular weight excluding hydrogens is 346 g/mol. The summed E-state index contributed by atoms with van der Waals surface area (Å²) in [5.74, 6) is -0.439. The number of nitrogens with one attached hydrogen (secondary N) is 1. The molecule has 0 radical (unpaired) electrons. The highest BCUT2D eigenvalue weighted by atomic mass is 35.5. The molecule has 0 spiro atoms. The number of non-ortho nitro benzene ring substituents is 1. The molecule has 1 saturated heterocycles. The van der Waals surface area contributed by atoms with E-state index in [0.29, 0.717) is 16.1 Å². The average molecular weight is 360 g/mol. The number of carbonyl (C=O) groups is 2. The van der Waals surface area contributed by atoms with Gasteiger partial charge in [0, 0.05) is 17.2 Å². The van der Waals surface area contributed by atoms with Gasteiger partial charge in [0.05, 0.1) is 11.5 Å². The molecule has 0 bridgehead atoms. The molecule has 1 atom stereocenters. The molecule has 0 aromatic heterocycles. The van der Waals surface area contributed by atoms with Crippen LogP contribution in [0.4, 0.5) is 10.5 Å². The SMILES string of the molecule is CC1(c2ccc([N+](=O)[O-])cc2)NC(=O)N(Cc2ccccc2Cl)C1=O. The van der Waals surface area contributed by atoms with Crippen LogP contribution in [0.15, 0.2) is 48.5 Å². The number of urea groups is 1. The Bertz CT molecular complexity index is 868. The van der Waals surface area contributed by atoms with E-state index in [1.807, 2.05) is 0 Å². The van der Waals surface area contributed by atoms with Gasteiger partial charge in [0.25, 0.3) is 11.6 Å². The summed E-state index contributed by atoms with van der Waals surface area (Å²) in [6.45, 7) is 1.62. The van der Waals surface area contributed by atoms with Crippen molar-refractivity contribution in [3.63, 3.8) is 0 Å². The van der Waals surface area contributed by atoms with Crippen LogP contribution in [0, 0.1) is 10.1 Å². The molecule has 1 fully saturated rings. The second-order valence-electron chi connectivity index (χ2n) is 5.84. The fourth-order valence-electron chi connectivity index (χ4n) is 2.75. The van der Waals surface area contributed by atoms with Gasteiger partial charge in [-0.2, -0.15) is 0 Å². The Hall–Kier alpha value is -2.93. The zero-order valence-electron chi connectivity index (χ0n) is 13.2. The summed E-state index contributed by atoms with van der Waals surface area (Å²) in [4.78, 5) is 36.5. The van der Waals surface area contributed by atoms with E-state index in [0.717, 1.165) is 4.90 Å². The van der Waals surface area contributed by atoms with Crippen molar-refractivity contribution in [1.82, 2.24) is 10.2 Å². The van der Waals surface area contributed by atoms with E-state index in [1.54, 1.807) is 31.2 Å². The van der Waals surface area contributed by atoms with E-state index in [9.17, 15) is 19.7 Å². The summed E-state index contributed by atoms with van der Waals surface area (Å²) in [7, 11) is 0. The van der Waals surface area contributed by atoms with Gasteiger partial charge in [0.1, 0.15) is 5.54 Å². The molecule has 1 unspecified atom stereocenters. The quantitative estimate of drug-likeness (QED) is 0.515. The monoisotopic (exact) mass is 359 g/mol. The summed E-state index contributed by atoms with van der Waals surface area (Å²) in [6.07, 6.45) is 0. The van der Waals surface area contributed by atoms with Crippen LogP contribution in [-0.2, 0) is 16.9 Å². The van der Waals surface area contributed by atoms with E-state index in [-0.39, 0.29) is 12.2 Å². The molecule has 7 nitrogen and oxygen atoms in total. The number of nitro groups is 1. The highest BCUT2D eigenvalue weighted by Crippen LogP contribution is 2.31. The fourth-order valence-corrected chi connectivity index (χ4v) is 2.95. The van der Waals surface area contributed by atoms with Crippen LogP contribution in [0.5, 0.6) is 0 Å². The maximum absolute atomic E-state index is 12.8. The molecule has 8 heteroatoms.